The van der Waals surface area contributed by atoms with Gasteiger partial charge in [0.05, 0.1) is 12.1 Å². The van der Waals surface area contributed by atoms with Gasteiger partial charge in [-0.1, -0.05) is 13.3 Å². The van der Waals surface area contributed by atoms with Gasteiger partial charge in [-0.2, -0.15) is 11.8 Å². The quantitative estimate of drug-likeness (QED) is 0.354. The van der Waals surface area contributed by atoms with Gasteiger partial charge in [-0.3, -0.25) is 4.79 Å². The minimum absolute atomic E-state index is 0.0303. The molecule has 3 atom stereocenters. The molecule has 0 spiro atoms. The molecule has 3 amide bonds. The molecule has 0 bridgehead atoms. The van der Waals surface area contributed by atoms with E-state index in [2.05, 4.69) is 28.2 Å². The Bertz CT molecular complexity index is 381. The van der Waals surface area contributed by atoms with Gasteiger partial charge in [0.2, 0.25) is 5.91 Å². The van der Waals surface area contributed by atoms with E-state index >= 15 is 0 Å². The fraction of sp³-hybridized carbons (Fsp3) is 0.867. The summed E-state index contributed by atoms with van der Waals surface area (Å²) in [6.45, 7) is 4.77. The first-order valence-corrected chi connectivity index (χ1v) is 9.41. The monoisotopic (exact) mass is 328 g/mol. The molecule has 6 nitrogen and oxygen atoms in total. The molecule has 2 rings (SSSR count). The third kappa shape index (κ3) is 5.35. The summed E-state index contributed by atoms with van der Waals surface area (Å²) in [7, 11) is 0. The number of hydrogen-bond acceptors (Lipinski definition) is 4. The van der Waals surface area contributed by atoms with Crippen molar-refractivity contribution in [1.29, 1.82) is 0 Å². The van der Waals surface area contributed by atoms with Crippen LogP contribution in [0.5, 0.6) is 0 Å². The molecular formula is C15H28N4O2S. The third-order valence-electron chi connectivity index (χ3n) is 4.18. The van der Waals surface area contributed by atoms with Gasteiger partial charge in [0.25, 0.3) is 0 Å². The normalized spacial score (nSPS) is 26.4. The molecule has 0 unspecified atom stereocenters. The second kappa shape index (κ2) is 9.25. The van der Waals surface area contributed by atoms with Crippen LogP contribution in [0.4, 0.5) is 4.79 Å². The summed E-state index contributed by atoms with van der Waals surface area (Å²) in [5.41, 5.74) is 0. The van der Waals surface area contributed by atoms with Crippen LogP contribution in [-0.4, -0.2) is 54.7 Å². The van der Waals surface area contributed by atoms with E-state index in [-0.39, 0.29) is 18.0 Å². The molecule has 0 aromatic heterocycles. The van der Waals surface area contributed by atoms with Gasteiger partial charge in [-0.05, 0) is 32.4 Å². The number of carbonyl (C=O) groups is 2. The minimum atomic E-state index is -0.0303. The van der Waals surface area contributed by atoms with Crippen molar-refractivity contribution < 1.29 is 9.59 Å². The van der Waals surface area contributed by atoms with Crippen LogP contribution in [0.15, 0.2) is 0 Å². The fourth-order valence-corrected chi connectivity index (χ4v) is 4.52. The molecule has 0 aromatic carbocycles. The largest absolute Gasteiger partial charge is 0.356 e. The van der Waals surface area contributed by atoms with Crippen molar-refractivity contribution in [3.8, 4) is 0 Å². The average Bonchev–Trinajstić information content (AvgIpc) is 3.03. The maximum Gasteiger partial charge on any atom is 0.315 e. The number of unbranched alkanes of at least 4 members (excludes halogenated alkanes) is 1. The Balaban J connectivity index is 1.49. The minimum Gasteiger partial charge on any atom is -0.356 e. The lowest BCUT2D eigenvalue weighted by Gasteiger charge is -2.16. The van der Waals surface area contributed by atoms with Crippen LogP contribution in [0.25, 0.3) is 0 Å². The van der Waals surface area contributed by atoms with Crippen molar-refractivity contribution in [3.05, 3.63) is 0 Å². The molecule has 0 aliphatic carbocycles. The standard InChI is InChI=1S/C15H28N4O2S/c1-2-16-8-5-9-17-13(20)7-4-3-6-12-14-11(10-22-12)18-15(21)19-14/h11-12,14,16H,2-10H2,1H3,(H,17,20)(H2,18,19,21)/t11-,12-,14-/m0/s1. The Labute approximate surface area is 136 Å². The highest BCUT2D eigenvalue weighted by atomic mass is 32.2. The predicted octanol–water partition coefficient (Wildman–Crippen LogP) is 0.828. The number of nitrogens with one attached hydrogen (secondary N) is 4. The molecule has 2 heterocycles. The summed E-state index contributed by atoms with van der Waals surface area (Å²) in [5, 5.41) is 12.6. The average molecular weight is 328 g/mol. The first kappa shape index (κ1) is 17.4. The molecule has 2 fully saturated rings. The Hall–Kier alpha value is -0.950. The van der Waals surface area contributed by atoms with Crippen molar-refractivity contribution in [2.75, 3.05) is 25.4 Å². The molecule has 2 aliphatic heterocycles. The zero-order chi connectivity index (χ0) is 15.8. The van der Waals surface area contributed by atoms with Gasteiger partial charge in [0.1, 0.15) is 0 Å². The van der Waals surface area contributed by atoms with Crippen molar-refractivity contribution in [2.45, 2.75) is 56.4 Å². The number of amides is 3. The second-order valence-electron chi connectivity index (χ2n) is 5.92. The molecule has 4 N–H and O–H groups in total. The van der Waals surface area contributed by atoms with Crippen LogP contribution in [0.2, 0.25) is 0 Å². The summed E-state index contributed by atoms with van der Waals surface area (Å²) in [5.74, 6) is 1.16. The lowest BCUT2D eigenvalue weighted by atomic mass is 10.0. The van der Waals surface area contributed by atoms with Gasteiger partial charge in [-0.15, -0.1) is 0 Å². The topological polar surface area (TPSA) is 82.3 Å². The van der Waals surface area contributed by atoms with Crippen molar-refractivity contribution in [2.24, 2.45) is 0 Å². The molecule has 2 saturated heterocycles. The van der Waals surface area contributed by atoms with E-state index in [1.165, 1.54) is 0 Å². The van der Waals surface area contributed by atoms with Gasteiger partial charge in [-0.25, -0.2) is 4.79 Å². The zero-order valence-corrected chi connectivity index (χ0v) is 14.1. The van der Waals surface area contributed by atoms with E-state index in [1.807, 2.05) is 11.8 Å². The molecule has 2 aliphatic rings. The van der Waals surface area contributed by atoms with Gasteiger partial charge < -0.3 is 21.3 Å². The Morgan fingerprint density at radius 2 is 2.14 bits per heavy atom. The molecule has 0 saturated carbocycles. The van der Waals surface area contributed by atoms with Gasteiger partial charge in [0.15, 0.2) is 0 Å². The zero-order valence-electron chi connectivity index (χ0n) is 13.3. The maximum atomic E-state index is 11.7. The lowest BCUT2D eigenvalue weighted by molar-refractivity contribution is -0.121. The maximum absolute atomic E-state index is 11.7. The van der Waals surface area contributed by atoms with Gasteiger partial charge >= 0.3 is 6.03 Å². The van der Waals surface area contributed by atoms with Crippen molar-refractivity contribution in [3.63, 3.8) is 0 Å². The van der Waals surface area contributed by atoms with Crippen LogP contribution in [-0.2, 0) is 4.79 Å². The number of hydrogen-bond donors (Lipinski definition) is 4. The molecule has 7 heteroatoms. The van der Waals surface area contributed by atoms with Crippen molar-refractivity contribution in [1.82, 2.24) is 21.3 Å². The van der Waals surface area contributed by atoms with E-state index in [9.17, 15) is 9.59 Å². The first-order valence-electron chi connectivity index (χ1n) is 8.36. The van der Waals surface area contributed by atoms with Crippen LogP contribution < -0.4 is 21.3 Å². The fourth-order valence-electron chi connectivity index (χ4n) is 2.98. The molecule has 126 valence electrons. The summed E-state index contributed by atoms with van der Waals surface area (Å²) in [4.78, 5) is 23.0. The van der Waals surface area contributed by atoms with E-state index in [0.29, 0.717) is 17.7 Å². The predicted molar refractivity (Wildman–Crippen MR) is 90.1 cm³/mol. The number of carbonyl (C=O) groups excluding carboxylic acids is 2. The van der Waals surface area contributed by atoms with E-state index in [4.69, 9.17) is 0 Å². The Kier molecular flexibility index (Phi) is 7.32. The first-order chi connectivity index (χ1) is 10.7. The third-order valence-corrected chi connectivity index (χ3v) is 5.69. The van der Waals surface area contributed by atoms with Crippen LogP contribution in [0.1, 0.15) is 39.0 Å². The lowest BCUT2D eigenvalue weighted by Crippen LogP contribution is -2.36. The highest BCUT2D eigenvalue weighted by molar-refractivity contribution is 8.00. The van der Waals surface area contributed by atoms with Crippen LogP contribution in [0, 0.1) is 0 Å². The SMILES string of the molecule is CCNCCCNC(=O)CCCC[C@@H]1SC[C@@H]2NC(=O)N[C@@H]21. The van der Waals surface area contributed by atoms with E-state index in [1.54, 1.807) is 0 Å². The smallest absolute Gasteiger partial charge is 0.315 e. The second-order valence-corrected chi connectivity index (χ2v) is 7.20. The summed E-state index contributed by atoms with van der Waals surface area (Å²) >= 11 is 1.93. The van der Waals surface area contributed by atoms with Crippen LogP contribution >= 0.6 is 11.8 Å². The number of fused-ring (bicyclic) bond motifs is 1. The number of rotatable bonds is 10. The molecule has 0 radical (unpaired) electrons. The number of thioether (sulfide) groups is 1. The van der Waals surface area contributed by atoms with E-state index < -0.39 is 0 Å². The highest BCUT2D eigenvalue weighted by Gasteiger charge is 2.42. The van der Waals surface area contributed by atoms with Crippen LogP contribution in [0.3, 0.4) is 0 Å². The Morgan fingerprint density at radius 1 is 1.27 bits per heavy atom. The highest BCUT2D eigenvalue weighted by Crippen LogP contribution is 2.33. The van der Waals surface area contributed by atoms with Gasteiger partial charge in [0, 0.05) is 24.0 Å². The molecular weight excluding hydrogens is 300 g/mol. The summed E-state index contributed by atoms with van der Waals surface area (Å²) in [6, 6.07) is 0.539. The van der Waals surface area contributed by atoms with Crippen molar-refractivity contribution >= 4 is 23.7 Å². The molecule has 22 heavy (non-hydrogen) atoms. The summed E-state index contributed by atoms with van der Waals surface area (Å²) in [6.07, 6.45) is 4.63. The number of urea groups is 1. The Morgan fingerprint density at radius 3 is 2.95 bits per heavy atom. The van der Waals surface area contributed by atoms with E-state index in [0.717, 1.165) is 51.1 Å². The summed E-state index contributed by atoms with van der Waals surface area (Å²) < 4.78 is 0. The molecule has 0 aromatic rings.